The Morgan fingerprint density at radius 2 is 1.76 bits per heavy atom. The molecule has 4 heteroatoms. The monoisotopic (exact) mass is 257 g/mol. The lowest BCUT2D eigenvalue weighted by Gasteiger charge is -2.06. The van der Waals surface area contributed by atoms with Crippen molar-refractivity contribution in [3.63, 3.8) is 0 Å². The van der Waals surface area contributed by atoms with Crippen molar-refractivity contribution in [1.82, 2.24) is 5.32 Å². The molecule has 1 aromatic carbocycles. The molecule has 0 saturated carbocycles. The van der Waals surface area contributed by atoms with E-state index in [0.29, 0.717) is 0 Å². The van der Waals surface area contributed by atoms with Crippen molar-refractivity contribution in [1.29, 1.82) is 0 Å². The second-order valence-electron chi connectivity index (χ2n) is 3.73. The van der Waals surface area contributed by atoms with Crippen LogP contribution in [0.25, 0.3) is 0 Å². The summed E-state index contributed by atoms with van der Waals surface area (Å²) in [6.07, 6.45) is 0.926. The van der Waals surface area contributed by atoms with Crippen molar-refractivity contribution in [2.45, 2.75) is 6.42 Å². The first-order valence-electron chi connectivity index (χ1n) is 5.85. The molecule has 0 aromatic heterocycles. The third kappa shape index (κ3) is 7.34. The molecule has 1 rings (SSSR count). The van der Waals surface area contributed by atoms with Crippen molar-refractivity contribution >= 4 is 11.6 Å². The number of benzene rings is 1. The second kappa shape index (κ2) is 9.42. The van der Waals surface area contributed by atoms with Gasteiger partial charge in [0.2, 0.25) is 0 Å². The highest BCUT2D eigenvalue weighted by atomic mass is 35.5. The number of halogens is 1. The fraction of sp³-hybridized carbons (Fsp3) is 0.538. The smallest absolute Gasteiger partial charge is 0.0591 e. The van der Waals surface area contributed by atoms with Crippen molar-refractivity contribution in [2.75, 3.05) is 40.0 Å². The lowest BCUT2D eigenvalue weighted by molar-refractivity contribution is 0.135. The maximum atomic E-state index is 5.81. The normalized spacial score (nSPS) is 10.7. The molecule has 0 unspecified atom stereocenters. The van der Waals surface area contributed by atoms with Gasteiger partial charge in [0.05, 0.1) is 19.8 Å². The minimum absolute atomic E-state index is 0.733. The Bertz CT molecular complexity index is 290. The van der Waals surface area contributed by atoms with E-state index in [2.05, 4.69) is 5.32 Å². The largest absolute Gasteiger partial charge is 0.383 e. The second-order valence-corrected chi connectivity index (χ2v) is 4.17. The molecule has 0 amide bonds. The molecular weight excluding hydrogens is 238 g/mol. The number of hydrogen-bond donors (Lipinski definition) is 1. The molecular formula is C13H20ClNO2. The van der Waals surface area contributed by atoms with Crippen LogP contribution in [0.3, 0.4) is 0 Å². The minimum atomic E-state index is 0.733. The van der Waals surface area contributed by atoms with E-state index in [-0.39, 0.29) is 0 Å². The van der Waals surface area contributed by atoms with Crippen LogP contribution in [0, 0.1) is 0 Å². The van der Waals surface area contributed by atoms with Gasteiger partial charge in [0.1, 0.15) is 0 Å². The molecule has 0 spiro atoms. The van der Waals surface area contributed by atoms with Gasteiger partial charge >= 0.3 is 0 Å². The summed E-state index contributed by atoms with van der Waals surface area (Å²) in [5, 5.41) is 4.00. The Kier molecular flexibility index (Phi) is 8.01. The Labute approximate surface area is 108 Å². The molecule has 0 aliphatic carbocycles. The van der Waals surface area contributed by atoms with E-state index in [1.54, 1.807) is 7.11 Å². The average molecular weight is 258 g/mol. The highest BCUT2D eigenvalue weighted by Gasteiger charge is 1.94. The molecule has 0 radical (unpaired) electrons. The number of rotatable bonds is 9. The van der Waals surface area contributed by atoms with E-state index >= 15 is 0 Å². The molecule has 96 valence electrons. The van der Waals surface area contributed by atoms with Gasteiger partial charge in [-0.25, -0.2) is 0 Å². The maximum absolute atomic E-state index is 5.81. The molecule has 0 saturated heterocycles. The van der Waals surface area contributed by atoms with Crippen LogP contribution >= 0.6 is 11.6 Å². The third-order valence-electron chi connectivity index (χ3n) is 2.35. The van der Waals surface area contributed by atoms with E-state index in [0.717, 1.165) is 44.4 Å². The Balaban J connectivity index is 1.95. The first kappa shape index (κ1) is 14.5. The molecule has 1 N–H and O–H groups in total. The van der Waals surface area contributed by atoms with Gasteiger partial charge in [0.15, 0.2) is 0 Å². The summed E-state index contributed by atoms with van der Waals surface area (Å²) in [6, 6.07) is 7.87. The van der Waals surface area contributed by atoms with Gasteiger partial charge in [0.25, 0.3) is 0 Å². The van der Waals surface area contributed by atoms with Crippen LogP contribution < -0.4 is 5.32 Å². The van der Waals surface area contributed by atoms with Crippen LogP contribution in [0.15, 0.2) is 24.3 Å². The topological polar surface area (TPSA) is 30.5 Å². The van der Waals surface area contributed by atoms with Crippen LogP contribution in [0.4, 0.5) is 0 Å². The standard InChI is InChI=1S/C13H20ClNO2/c1-16-10-7-15-8-11-17-9-6-12-2-4-13(14)5-3-12/h2-5,15H,6-11H2,1H3. The molecule has 0 atom stereocenters. The van der Waals surface area contributed by atoms with E-state index in [1.807, 2.05) is 24.3 Å². The Morgan fingerprint density at radius 3 is 2.47 bits per heavy atom. The zero-order valence-electron chi connectivity index (χ0n) is 10.2. The van der Waals surface area contributed by atoms with Gasteiger partial charge in [-0.05, 0) is 24.1 Å². The zero-order chi connectivity index (χ0) is 12.3. The average Bonchev–Trinajstić information content (AvgIpc) is 2.35. The SMILES string of the molecule is COCCNCCOCCc1ccc(Cl)cc1. The predicted octanol–water partition coefficient (Wildman–Crippen LogP) is 2.14. The van der Waals surface area contributed by atoms with E-state index in [4.69, 9.17) is 21.1 Å². The van der Waals surface area contributed by atoms with Crippen LogP contribution in [0.2, 0.25) is 5.02 Å². The van der Waals surface area contributed by atoms with Gasteiger partial charge in [-0.1, -0.05) is 23.7 Å². The summed E-state index contributed by atoms with van der Waals surface area (Å²) in [7, 11) is 1.70. The first-order chi connectivity index (χ1) is 8.33. The lowest BCUT2D eigenvalue weighted by Crippen LogP contribution is -2.23. The summed E-state index contributed by atoms with van der Waals surface area (Å²) >= 11 is 5.81. The molecule has 0 bridgehead atoms. The summed E-state index contributed by atoms with van der Waals surface area (Å²) in [6.45, 7) is 3.96. The molecule has 0 heterocycles. The summed E-state index contributed by atoms with van der Waals surface area (Å²) < 4.78 is 10.4. The Hall–Kier alpha value is -0.610. The van der Waals surface area contributed by atoms with Crippen LogP contribution in [0.5, 0.6) is 0 Å². The van der Waals surface area contributed by atoms with Crippen molar-refractivity contribution in [3.05, 3.63) is 34.9 Å². The molecule has 0 fully saturated rings. The van der Waals surface area contributed by atoms with Gasteiger partial charge in [-0.15, -0.1) is 0 Å². The van der Waals surface area contributed by atoms with Crippen LogP contribution in [-0.4, -0.2) is 40.0 Å². The predicted molar refractivity (Wildman–Crippen MR) is 70.7 cm³/mol. The number of hydrogen-bond acceptors (Lipinski definition) is 3. The summed E-state index contributed by atoms with van der Waals surface area (Å²) in [5.74, 6) is 0. The van der Waals surface area contributed by atoms with Gasteiger partial charge in [-0.2, -0.15) is 0 Å². The number of methoxy groups -OCH3 is 1. The lowest BCUT2D eigenvalue weighted by atomic mass is 10.2. The molecule has 17 heavy (non-hydrogen) atoms. The quantitative estimate of drug-likeness (QED) is 0.688. The van der Waals surface area contributed by atoms with Gasteiger partial charge in [0, 0.05) is 25.2 Å². The van der Waals surface area contributed by atoms with Gasteiger partial charge < -0.3 is 14.8 Å². The van der Waals surface area contributed by atoms with Gasteiger partial charge in [-0.3, -0.25) is 0 Å². The molecule has 0 aliphatic rings. The fourth-order valence-corrected chi connectivity index (χ4v) is 1.51. The number of ether oxygens (including phenoxy) is 2. The van der Waals surface area contributed by atoms with Crippen molar-refractivity contribution in [3.8, 4) is 0 Å². The van der Waals surface area contributed by atoms with E-state index < -0.39 is 0 Å². The van der Waals surface area contributed by atoms with Crippen molar-refractivity contribution < 1.29 is 9.47 Å². The van der Waals surface area contributed by atoms with Crippen LogP contribution in [0.1, 0.15) is 5.56 Å². The maximum Gasteiger partial charge on any atom is 0.0591 e. The highest BCUT2D eigenvalue weighted by Crippen LogP contribution is 2.09. The van der Waals surface area contributed by atoms with Crippen LogP contribution in [-0.2, 0) is 15.9 Å². The first-order valence-corrected chi connectivity index (χ1v) is 6.22. The molecule has 0 aliphatic heterocycles. The minimum Gasteiger partial charge on any atom is -0.383 e. The summed E-state index contributed by atoms with van der Waals surface area (Å²) in [4.78, 5) is 0. The van der Waals surface area contributed by atoms with E-state index in [9.17, 15) is 0 Å². The third-order valence-corrected chi connectivity index (χ3v) is 2.61. The highest BCUT2D eigenvalue weighted by molar-refractivity contribution is 6.30. The fourth-order valence-electron chi connectivity index (χ4n) is 1.39. The Morgan fingerprint density at radius 1 is 1.06 bits per heavy atom. The van der Waals surface area contributed by atoms with E-state index in [1.165, 1.54) is 5.56 Å². The van der Waals surface area contributed by atoms with Crippen molar-refractivity contribution in [2.24, 2.45) is 0 Å². The zero-order valence-corrected chi connectivity index (χ0v) is 11.0. The summed E-state index contributed by atoms with van der Waals surface area (Å²) in [5.41, 5.74) is 1.25. The molecule has 1 aromatic rings. The molecule has 3 nitrogen and oxygen atoms in total. The number of nitrogens with one attached hydrogen (secondary N) is 1.